The number of thiophene rings is 1. The fourth-order valence-electron chi connectivity index (χ4n) is 2.46. The third-order valence-corrected chi connectivity index (χ3v) is 5.37. The van der Waals surface area contributed by atoms with Crippen molar-refractivity contribution in [1.82, 2.24) is 15.1 Å². The maximum atomic E-state index is 12.4. The molecule has 1 N–H and O–H groups in total. The molecule has 0 radical (unpaired) electrons. The van der Waals surface area contributed by atoms with E-state index in [1.54, 1.807) is 36.6 Å². The summed E-state index contributed by atoms with van der Waals surface area (Å²) in [6, 6.07) is 11.5. The number of hydrogen-bond acceptors (Lipinski definition) is 4. The Kier molecular flexibility index (Phi) is 5.55. The average molecular weight is 420 g/mol. The summed E-state index contributed by atoms with van der Waals surface area (Å²) in [7, 11) is 1.58. The topological polar surface area (TPSA) is 56.1 Å². The molecule has 0 aliphatic rings. The van der Waals surface area contributed by atoms with Gasteiger partial charge in [-0.05, 0) is 58.6 Å². The zero-order chi connectivity index (χ0) is 17.8. The summed E-state index contributed by atoms with van der Waals surface area (Å²) in [6.07, 6.45) is 0. The fourth-order valence-corrected chi connectivity index (χ4v) is 3.57. The molecule has 3 rings (SSSR count). The molecule has 25 heavy (non-hydrogen) atoms. The molecule has 3 aromatic rings. The molecule has 130 valence electrons. The number of amides is 1. The van der Waals surface area contributed by atoms with Gasteiger partial charge in [-0.2, -0.15) is 5.10 Å². The van der Waals surface area contributed by atoms with Crippen molar-refractivity contribution in [2.45, 2.75) is 13.5 Å². The van der Waals surface area contributed by atoms with Crippen molar-refractivity contribution in [2.75, 3.05) is 13.7 Å². The Morgan fingerprint density at radius 3 is 2.92 bits per heavy atom. The minimum atomic E-state index is -0.144. The maximum Gasteiger partial charge on any atom is 0.252 e. The highest BCUT2D eigenvalue weighted by Gasteiger charge is 2.12. The number of nitrogens with one attached hydrogen (secondary N) is 1. The number of ether oxygens (including phenoxy) is 1. The van der Waals surface area contributed by atoms with Crippen LogP contribution in [0.15, 0.2) is 46.3 Å². The first-order valence-corrected chi connectivity index (χ1v) is 9.46. The molecule has 1 amide bonds. The fraction of sp³-hybridized carbons (Fsp3) is 0.222. The number of carbonyl (C=O) groups excluding carboxylic acids is 1. The predicted octanol–water partition coefficient (Wildman–Crippen LogP) is 4.12. The first-order valence-electron chi connectivity index (χ1n) is 7.78. The summed E-state index contributed by atoms with van der Waals surface area (Å²) >= 11 is 5.07. The Balaban J connectivity index is 1.62. The number of rotatable bonds is 6. The normalized spacial score (nSPS) is 10.7. The number of nitrogens with zero attached hydrogens (tertiary/aromatic N) is 2. The van der Waals surface area contributed by atoms with Gasteiger partial charge in [0.1, 0.15) is 11.4 Å². The van der Waals surface area contributed by atoms with Crippen LogP contribution in [0.3, 0.4) is 0 Å². The molecule has 0 atom stereocenters. The van der Waals surface area contributed by atoms with Gasteiger partial charge in [0.05, 0.1) is 24.1 Å². The number of aromatic nitrogens is 2. The summed E-state index contributed by atoms with van der Waals surface area (Å²) < 4.78 is 7.82. The van der Waals surface area contributed by atoms with E-state index in [1.807, 2.05) is 23.1 Å². The Morgan fingerprint density at radius 2 is 2.20 bits per heavy atom. The number of aryl methyl sites for hydroxylation is 1. The molecule has 2 aromatic heterocycles. The third kappa shape index (κ3) is 4.11. The van der Waals surface area contributed by atoms with E-state index in [1.165, 1.54) is 0 Å². The Labute approximate surface area is 158 Å². The van der Waals surface area contributed by atoms with Gasteiger partial charge in [0.25, 0.3) is 5.91 Å². The lowest BCUT2D eigenvalue weighted by Crippen LogP contribution is -2.28. The van der Waals surface area contributed by atoms with E-state index in [0.717, 1.165) is 20.7 Å². The van der Waals surface area contributed by atoms with E-state index in [-0.39, 0.29) is 5.91 Å². The van der Waals surface area contributed by atoms with E-state index in [9.17, 15) is 4.79 Å². The highest BCUT2D eigenvalue weighted by atomic mass is 79.9. The highest BCUT2D eigenvalue weighted by Crippen LogP contribution is 2.24. The summed E-state index contributed by atoms with van der Waals surface area (Å²) in [5, 5.41) is 9.58. The van der Waals surface area contributed by atoms with Crippen molar-refractivity contribution in [3.8, 4) is 16.3 Å². The highest BCUT2D eigenvalue weighted by molar-refractivity contribution is 9.10. The molecule has 0 saturated carbocycles. The number of benzene rings is 1. The van der Waals surface area contributed by atoms with Gasteiger partial charge in [0, 0.05) is 16.7 Å². The molecule has 2 heterocycles. The summed E-state index contributed by atoms with van der Waals surface area (Å²) in [5.41, 5.74) is 2.59. The minimum absolute atomic E-state index is 0.144. The van der Waals surface area contributed by atoms with Crippen molar-refractivity contribution in [1.29, 1.82) is 0 Å². The number of halogens is 1. The van der Waals surface area contributed by atoms with Crippen molar-refractivity contribution >= 4 is 33.2 Å². The molecule has 0 spiro atoms. The van der Waals surface area contributed by atoms with Crippen molar-refractivity contribution in [3.05, 3.63) is 57.5 Å². The lowest BCUT2D eigenvalue weighted by molar-refractivity contribution is 0.0950. The lowest BCUT2D eigenvalue weighted by Gasteiger charge is -2.09. The lowest BCUT2D eigenvalue weighted by atomic mass is 10.2. The zero-order valence-corrected chi connectivity index (χ0v) is 16.4. The summed E-state index contributed by atoms with van der Waals surface area (Å²) in [6.45, 7) is 3.13. The molecule has 0 saturated heterocycles. The monoisotopic (exact) mass is 419 g/mol. The SMILES string of the molecule is COc1ccc(Br)c(C(=O)NCCn2nc(-c3cccs3)cc2C)c1. The van der Waals surface area contributed by atoms with Crippen LogP contribution in [0.2, 0.25) is 0 Å². The molecule has 0 unspecified atom stereocenters. The Hall–Kier alpha value is -2.12. The molecular formula is C18H18BrN3O2S. The molecule has 5 nitrogen and oxygen atoms in total. The second kappa shape index (κ2) is 7.84. The van der Waals surface area contributed by atoms with Crippen molar-refractivity contribution < 1.29 is 9.53 Å². The van der Waals surface area contributed by atoms with Gasteiger partial charge in [-0.3, -0.25) is 9.48 Å². The van der Waals surface area contributed by atoms with Gasteiger partial charge in [0.15, 0.2) is 0 Å². The van der Waals surface area contributed by atoms with E-state index in [2.05, 4.69) is 38.5 Å². The molecule has 0 aliphatic heterocycles. The summed E-state index contributed by atoms with van der Waals surface area (Å²) in [5.74, 6) is 0.505. The number of methoxy groups -OCH3 is 1. The number of hydrogen-bond donors (Lipinski definition) is 1. The smallest absolute Gasteiger partial charge is 0.252 e. The van der Waals surface area contributed by atoms with Crippen LogP contribution in [0.1, 0.15) is 16.1 Å². The van der Waals surface area contributed by atoms with Gasteiger partial charge in [-0.25, -0.2) is 0 Å². The first-order chi connectivity index (χ1) is 12.1. The van der Waals surface area contributed by atoms with E-state index in [0.29, 0.717) is 24.4 Å². The largest absolute Gasteiger partial charge is 0.497 e. The predicted molar refractivity (Wildman–Crippen MR) is 103 cm³/mol. The van der Waals surface area contributed by atoms with Crippen LogP contribution < -0.4 is 10.1 Å². The molecule has 1 aromatic carbocycles. The van der Waals surface area contributed by atoms with Gasteiger partial charge in [-0.1, -0.05) is 6.07 Å². The van der Waals surface area contributed by atoms with Gasteiger partial charge >= 0.3 is 0 Å². The Bertz CT molecular complexity index is 875. The standard InChI is InChI=1S/C18H18BrN3O2S/c1-12-10-16(17-4-3-9-25-17)21-22(12)8-7-20-18(23)14-11-13(24-2)5-6-15(14)19/h3-6,9-11H,7-8H2,1-2H3,(H,20,23). The van der Waals surface area contributed by atoms with E-state index in [4.69, 9.17) is 4.74 Å². The van der Waals surface area contributed by atoms with Crippen LogP contribution in [-0.2, 0) is 6.54 Å². The Morgan fingerprint density at radius 1 is 1.36 bits per heavy atom. The molecule has 0 fully saturated rings. The second-order valence-electron chi connectivity index (χ2n) is 5.47. The molecular weight excluding hydrogens is 402 g/mol. The van der Waals surface area contributed by atoms with Crippen LogP contribution in [0.4, 0.5) is 0 Å². The van der Waals surface area contributed by atoms with Gasteiger partial charge < -0.3 is 10.1 Å². The van der Waals surface area contributed by atoms with Crippen LogP contribution in [-0.4, -0.2) is 29.3 Å². The minimum Gasteiger partial charge on any atom is -0.497 e. The van der Waals surface area contributed by atoms with Crippen molar-refractivity contribution in [2.24, 2.45) is 0 Å². The first kappa shape index (κ1) is 17.7. The van der Waals surface area contributed by atoms with Crippen LogP contribution in [0.25, 0.3) is 10.6 Å². The third-order valence-electron chi connectivity index (χ3n) is 3.78. The van der Waals surface area contributed by atoms with E-state index < -0.39 is 0 Å². The van der Waals surface area contributed by atoms with Crippen molar-refractivity contribution in [3.63, 3.8) is 0 Å². The van der Waals surface area contributed by atoms with Gasteiger partial charge in [0.2, 0.25) is 0 Å². The van der Waals surface area contributed by atoms with Gasteiger partial charge in [-0.15, -0.1) is 11.3 Å². The maximum absolute atomic E-state index is 12.4. The number of carbonyl (C=O) groups is 1. The molecule has 7 heteroatoms. The zero-order valence-electron chi connectivity index (χ0n) is 14.0. The van der Waals surface area contributed by atoms with E-state index >= 15 is 0 Å². The second-order valence-corrected chi connectivity index (χ2v) is 7.28. The van der Waals surface area contributed by atoms with Crippen LogP contribution >= 0.6 is 27.3 Å². The average Bonchev–Trinajstić information content (AvgIpc) is 3.25. The molecule has 0 bridgehead atoms. The molecule has 0 aliphatic carbocycles. The van der Waals surface area contributed by atoms with Crippen LogP contribution in [0.5, 0.6) is 5.75 Å². The van der Waals surface area contributed by atoms with Crippen LogP contribution in [0, 0.1) is 6.92 Å². The summed E-state index contributed by atoms with van der Waals surface area (Å²) in [4.78, 5) is 13.5. The quantitative estimate of drug-likeness (QED) is 0.653.